The van der Waals surface area contributed by atoms with Crippen LogP contribution in [0, 0.1) is 0 Å². The molecule has 0 atom stereocenters. The topological polar surface area (TPSA) is 72.9 Å². The normalized spacial score (nSPS) is 14.8. The lowest BCUT2D eigenvalue weighted by Crippen LogP contribution is -2.40. The number of hydrogen-bond donors (Lipinski definition) is 0. The van der Waals surface area contributed by atoms with E-state index in [1.54, 1.807) is 12.1 Å². The van der Waals surface area contributed by atoms with Crippen LogP contribution in [-0.2, 0) is 26.1 Å². The number of esters is 1. The molecule has 0 N–H and O–H groups in total. The maximum Gasteiger partial charge on any atom is 0.338 e. The van der Waals surface area contributed by atoms with Crippen LogP contribution < -0.4 is 0 Å². The smallest absolute Gasteiger partial charge is 0.338 e. The third kappa shape index (κ3) is 5.02. The monoisotopic (exact) mass is 437 g/mol. The maximum atomic E-state index is 12.8. The summed E-state index contributed by atoms with van der Waals surface area (Å²) in [5, 5.41) is 0. The van der Waals surface area contributed by atoms with Crippen molar-refractivity contribution in [3.63, 3.8) is 0 Å². The molecule has 0 saturated carbocycles. The molecule has 3 aromatic carbocycles. The van der Waals surface area contributed by atoms with Gasteiger partial charge in [-0.3, -0.25) is 0 Å². The van der Waals surface area contributed by atoms with Gasteiger partial charge in [0, 0.05) is 13.1 Å². The highest BCUT2D eigenvalue weighted by atomic mass is 32.2. The van der Waals surface area contributed by atoms with Gasteiger partial charge >= 0.3 is 5.97 Å². The summed E-state index contributed by atoms with van der Waals surface area (Å²) in [6, 6.07) is 23.8. The molecule has 31 heavy (non-hydrogen) atoms. The summed E-state index contributed by atoms with van der Waals surface area (Å²) in [4.78, 5) is 12.6. The van der Waals surface area contributed by atoms with Crippen molar-refractivity contribution in [1.29, 1.82) is 0 Å². The van der Waals surface area contributed by atoms with Crippen LogP contribution in [0.1, 0.15) is 15.9 Å². The largest absolute Gasteiger partial charge is 0.457 e. The van der Waals surface area contributed by atoms with Gasteiger partial charge in [-0.15, -0.1) is 0 Å². The molecule has 1 fully saturated rings. The Kier molecular flexibility index (Phi) is 6.46. The quantitative estimate of drug-likeness (QED) is 0.550. The molecule has 0 radical (unpaired) electrons. The fraction of sp³-hybridized carbons (Fsp3) is 0.208. The maximum absolute atomic E-state index is 12.8. The van der Waals surface area contributed by atoms with Crippen LogP contribution >= 0.6 is 0 Å². The number of rotatable bonds is 6. The molecular formula is C24H23NO5S. The van der Waals surface area contributed by atoms with Gasteiger partial charge in [-0.1, -0.05) is 60.7 Å². The molecular weight excluding hydrogens is 414 g/mol. The predicted molar refractivity (Wildman–Crippen MR) is 117 cm³/mol. The van der Waals surface area contributed by atoms with Crippen molar-refractivity contribution in [3.8, 4) is 11.1 Å². The van der Waals surface area contributed by atoms with E-state index in [0.29, 0.717) is 26.3 Å². The Hall–Kier alpha value is -3.00. The first kappa shape index (κ1) is 21.2. The second kappa shape index (κ2) is 9.43. The van der Waals surface area contributed by atoms with Gasteiger partial charge in [0.05, 0.1) is 23.7 Å². The van der Waals surface area contributed by atoms with E-state index in [0.717, 1.165) is 16.7 Å². The van der Waals surface area contributed by atoms with Crippen molar-refractivity contribution in [1.82, 2.24) is 4.31 Å². The molecule has 0 bridgehead atoms. The lowest BCUT2D eigenvalue weighted by molar-refractivity contribution is 0.0472. The summed E-state index contributed by atoms with van der Waals surface area (Å²) in [5.74, 6) is -0.564. The van der Waals surface area contributed by atoms with Crippen LogP contribution in [-0.4, -0.2) is 45.0 Å². The Balaban J connectivity index is 1.41. The lowest BCUT2D eigenvalue weighted by Gasteiger charge is -2.26. The number of sulfonamides is 1. The summed E-state index contributed by atoms with van der Waals surface area (Å²) in [6.45, 7) is 1.44. The highest BCUT2D eigenvalue weighted by molar-refractivity contribution is 7.89. The van der Waals surface area contributed by atoms with E-state index in [1.165, 1.54) is 16.4 Å². The molecule has 1 heterocycles. The van der Waals surface area contributed by atoms with Crippen LogP contribution in [0.3, 0.4) is 0 Å². The van der Waals surface area contributed by atoms with Gasteiger partial charge in [0.15, 0.2) is 0 Å². The molecule has 0 unspecified atom stereocenters. The Morgan fingerprint density at radius 2 is 1.55 bits per heavy atom. The standard InChI is InChI=1S/C24H23NO5S/c26-24(30-18-19-9-11-21(12-10-19)20-5-2-1-3-6-20)22-7-4-8-23(17-22)31(27,28)25-13-15-29-16-14-25/h1-12,17H,13-16,18H2. The van der Waals surface area contributed by atoms with E-state index in [4.69, 9.17) is 9.47 Å². The zero-order valence-electron chi connectivity index (χ0n) is 16.9. The van der Waals surface area contributed by atoms with E-state index >= 15 is 0 Å². The number of hydrogen-bond acceptors (Lipinski definition) is 5. The number of carbonyl (C=O) groups is 1. The molecule has 4 rings (SSSR count). The van der Waals surface area contributed by atoms with Gasteiger partial charge in [0.2, 0.25) is 10.0 Å². The number of benzene rings is 3. The number of carbonyl (C=O) groups excluding carboxylic acids is 1. The summed E-state index contributed by atoms with van der Waals surface area (Å²) < 4.78 is 37.6. The molecule has 0 amide bonds. The third-order valence-electron chi connectivity index (χ3n) is 5.11. The van der Waals surface area contributed by atoms with Crippen molar-refractivity contribution < 1.29 is 22.7 Å². The van der Waals surface area contributed by atoms with Crippen LogP contribution in [0.2, 0.25) is 0 Å². The highest BCUT2D eigenvalue weighted by Crippen LogP contribution is 2.21. The molecule has 1 aliphatic rings. The minimum atomic E-state index is -3.67. The summed E-state index contributed by atoms with van der Waals surface area (Å²) in [5.41, 5.74) is 3.25. The predicted octanol–water partition coefficient (Wildman–Crippen LogP) is 3.73. The minimum Gasteiger partial charge on any atom is -0.457 e. The summed E-state index contributed by atoms with van der Waals surface area (Å²) >= 11 is 0. The van der Waals surface area contributed by atoms with Crippen molar-refractivity contribution in [3.05, 3.63) is 90.0 Å². The summed E-state index contributed by atoms with van der Waals surface area (Å²) in [7, 11) is -3.67. The summed E-state index contributed by atoms with van der Waals surface area (Å²) in [6.07, 6.45) is 0. The molecule has 3 aromatic rings. The molecule has 0 aliphatic carbocycles. The van der Waals surface area contributed by atoms with Gasteiger partial charge in [-0.2, -0.15) is 4.31 Å². The fourth-order valence-corrected chi connectivity index (χ4v) is 4.83. The molecule has 1 saturated heterocycles. The number of morpholine rings is 1. The average Bonchev–Trinajstić information content (AvgIpc) is 2.84. The molecule has 7 heteroatoms. The first-order valence-corrected chi connectivity index (χ1v) is 11.5. The van der Waals surface area contributed by atoms with Crippen LogP contribution in [0.5, 0.6) is 0 Å². The van der Waals surface area contributed by atoms with Gasteiger partial charge in [0.1, 0.15) is 6.61 Å². The fourth-order valence-electron chi connectivity index (χ4n) is 3.38. The third-order valence-corrected chi connectivity index (χ3v) is 7.00. The first-order valence-electron chi connectivity index (χ1n) is 10.0. The van der Waals surface area contributed by atoms with Gasteiger partial charge in [-0.25, -0.2) is 13.2 Å². The zero-order chi connectivity index (χ0) is 21.7. The average molecular weight is 438 g/mol. The number of nitrogens with zero attached hydrogens (tertiary/aromatic N) is 1. The van der Waals surface area contributed by atoms with Gasteiger partial charge in [0.25, 0.3) is 0 Å². The van der Waals surface area contributed by atoms with Crippen LogP contribution in [0.4, 0.5) is 0 Å². The van der Waals surface area contributed by atoms with Crippen molar-refractivity contribution in [2.75, 3.05) is 26.3 Å². The highest BCUT2D eigenvalue weighted by Gasteiger charge is 2.27. The number of ether oxygens (including phenoxy) is 2. The second-order valence-electron chi connectivity index (χ2n) is 7.18. The van der Waals surface area contributed by atoms with Crippen LogP contribution in [0.15, 0.2) is 83.8 Å². The Bertz CT molecular complexity index is 1140. The molecule has 0 aromatic heterocycles. The molecule has 6 nitrogen and oxygen atoms in total. The van der Waals surface area contributed by atoms with E-state index < -0.39 is 16.0 Å². The Labute approximate surface area is 182 Å². The Morgan fingerprint density at radius 1 is 0.871 bits per heavy atom. The van der Waals surface area contributed by atoms with Crippen molar-refractivity contribution in [2.24, 2.45) is 0 Å². The van der Waals surface area contributed by atoms with E-state index in [2.05, 4.69) is 0 Å². The second-order valence-corrected chi connectivity index (χ2v) is 9.12. The van der Waals surface area contributed by atoms with Crippen LogP contribution in [0.25, 0.3) is 11.1 Å². The van der Waals surface area contributed by atoms with Crippen molar-refractivity contribution in [2.45, 2.75) is 11.5 Å². The van der Waals surface area contributed by atoms with E-state index in [1.807, 2.05) is 54.6 Å². The zero-order valence-corrected chi connectivity index (χ0v) is 17.8. The molecule has 160 valence electrons. The first-order chi connectivity index (χ1) is 15.0. The van der Waals surface area contributed by atoms with Gasteiger partial charge in [-0.05, 0) is 34.9 Å². The SMILES string of the molecule is O=C(OCc1ccc(-c2ccccc2)cc1)c1cccc(S(=O)(=O)N2CCOCC2)c1. The minimum absolute atomic E-state index is 0.0797. The van der Waals surface area contributed by atoms with Crippen molar-refractivity contribution >= 4 is 16.0 Å². The lowest BCUT2D eigenvalue weighted by atomic mass is 10.0. The van der Waals surface area contributed by atoms with E-state index in [9.17, 15) is 13.2 Å². The molecule has 0 spiro atoms. The van der Waals surface area contributed by atoms with Gasteiger partial charge < -0.3 is 9.47 Å². The Morgan fingerprint density at radius 3 is 2.26 bits per heavy atom. The van der Waals surface area contributed by atoms with E-state index in [-0.39, 0.29) is 17.1 Å². The molecule has 1 aliphatic heterocycles.